The second-order valence-corrected chi connectivity index (χ2v) is 4.77. The van der Waals surface area contributed by atoms with Gasteiger partial charge in [0, 0.05) is 0 Å². The minimum absolute atomic E-state index is 0.165. The van der Waals surface area contributed by atoms with Crippen molar-refractivity contribution in [2.75, 3.05) is 13.2 Å². The maximum Gasteiger partial charge on any atom is 0.404 e. The van der Waals surface area contributed by atoms with Crippen LogP contribution in [0.3, 0.4) is 0 Å². The molecule has 0 rings (SSSR count). The first-order chi connectivity index (χ1) is 7.91. The number of primary amides is 1. The molecule has 0 aliphatic carbocycles. The van der Waals surface area contributed by atoms with Crippen molar-refractivity contribution in [3.63, 3.8) is 0 Å². The predicted molar refractivity (Wildman–Crippen MR) is 65.7 cm³/mol. The number of unbranched alkanes of at least 4 members (excludes halogenated alkanes) is 2. The molecule has 0 aromatic carbocycles. The summed E-state index contributed by atoms with van der Waals surface area (Å²) in [6, 6.07) is 0. The van der Waals surface area contributed by atoms with Crippen LogP contribution in [0.4, 0.5) is 4.79 Å². The van der Waals surface area contributed by atoms with E-state index >= 15 is 0 Å². The topological polar surface area (TPSA) is 81.8 Å². The van der Waals surface area contributed by atoms with Crippen molar-refractivity contribution < 1.29 is 19.4 Å². The average Bonchev–Trinajstić information content (AvgIpc) is 2.24. The second-order valence-electron chi connectivity index (χ2n) is 4.77. The largest absolute Gasteiger partial charge is 0.441 e. The Hall–Kier alpha value is -0.810. The molecule has 5 heteroatoms. The van der Waals surface area contributed by atoms with Gasteiger partial charge in [-0.25, -0.2) is 4.79 Å². The van der Waals surface area contributed by atoms with Crippen LogP contribution in [0.5, 0.6) is 0 Å². The predicted octanol–water partition coefficient (Wildman–Crippen LogP) is 1.82. The van der Waals surface area contributed by atoms with Crippen LogP contribution in [0.15, 0.2) is 0 Å². The zero-order valence-electron chi connectivity index (χ0n) is 11.1. The highest BCUT2D eigenvalue weighted by atomic mass is 16.6. The Labute approximate surface area is 103 Å². The van der Waals surface area contributed by atoms with Gasteiger partial charge in [0.1, 0.15) is 6.10 Å². The van der Waals surface area contributed by atoms with Gasteiger partial charge in [-0.1, -0.05) is 26.2 Å². The first kappa shape index (κ1) is 16.2. The molecule has 102 valence electrons. The summed E-state index contributed by atoms with van der Waals surface area (Å²) in [5.74, 6) is 0. The minimum atomic E-state index is -0.892. The number of hydrogen-bond acceptors (Lipinski definition) is 4. The summed E-state index contributed by atoms with van der Waals surface area (Å²) in [6.07, 6.45) is 2.81. The van der Waals surface area contributed by atoms with Gasteiger partial charge in [-0.3, -0.25) is 0 Å². The van der Waals surface area contributed by atoms with Gasteiger partial charge >= 0.3 is 6.09 Å². The van der Waals surface area contributed by atoms with Crippen LogP contribution in [-0.4, -0.2) is 36.1 Å². The minimum Gasteiger partial charge on any atom is -0.441 e. The van der Waals surface area contributed by atoms with Crippen molar-refractivity contribution in [3.05, 3.63) is 0 Å². The van der Waals surface area contributed by atoms with E-state index in [0.29, 0.717) is 0 Å². The summed E-state index contributed by atoms with van der Waals surface area (Å²) in [6.45, 7) is 6.01. The zero-order valence-corrected chi connectivity index (χ0v) is 11.1. The van der Waals surface area contributed by atoms with Gasteiger partial charge in [-0.05, 0) is 20.3 Å². The van der Waals surface area contributed by atoms with Gasteiger partial charge in [-0.2, -0.15) is 0 Å². The normalized spacial score (nSPS) is 13.4. The molecule has 1 amide bonds. The van der Waals surface area contributed by atoms with E-state index in [9.17, 15) is 4.79 Å². The first-order valence-corrected chi connectivity index (χ1v) is 6.12. The van der Waals surface area contributed by atoms with Crippen LogP contribution in [0.1, 0.15) is 46.5 Å². The lowest BCUT2D eigenvalue weighted by Crippen LogP contribution is -2.34. The van der Waals surface area contributed by atoms with Crippen molar-refractivity contribution in [2.45, 2.75) is 58.2 Å². The van der Waals surface area contributed by atoms with E-state index in [1.54, 1.807) is 0 Å². The third-order valence-corrected chi connectivity index (χ3v) is 2.53. The average molecular weight is 247 g/mol. The molecule has 0 spiro atoms. The fraction of sp³-hybridized carbons (Fsp3) is 0.917. The first-order valence-electron chi connectivity index (χ1n) is 6.12. The van der Waals surface area contributed by atoms with Crippen molar-refractivity contribution in [1.82, 2.24) is 0 Å². The van der Waals surface area contributed by atoms with Crippen LogP contribution in [-0.2, 0) is 9.47 Å². The lowest BCUT2D eigenvalue weighted by molar-refractivity contribution is -0.0767. The highest BCUT2D eigenvalue weighted by molar-refractivity contribution is 5.64. The van der Waals surface area contributed by atoms with E-state index in [1.807, 2.05) is 13.8 Å². The van der Waals surface area contributed by atoms with Crippen LogP contribution >= 0.6 is 0 Å². The molecule has 1 atom stereocenters. The number of aliphatic hydroxyl groups excluding tert-OH is 1. The molecule has 0 aliphatic heterocycles. The van der Waals surface area contributed by atoms with Crippen molar-refractivity contribution >= 4 is 6.09 Å². The second kappa shape index (κ2) is 8.31. The molecule has 0 aromatic heterocycles. The monoisotopic (exact) mass is 247 g/mol. The molecule has 0 saturated heterocycles. The molecule has 3 N–H and O–H groups in total. The number of nitrogens with two attached hydrogens (primary N) is 1. The number of hydrogen-bond donors (Lipinski definition) is 2. The van der Waals surface area contributed by atoms with Crippen LogP contribution < -0.4 is 5.73 Å². The van der Waals surface area contributed by atoms with Gasteiger partial charge in [0.15, 0.2) is 0 Å². The Morgan fingerprint density at radius 1 is 1.41 bits per heavy atom. The molecule has 0 aromatic rings. The lowest BCUT2D eigenvalue weighted by Gasteiger charge is -2.27. The summed E-state index contributed by atoms with van der Waals surface area (Å²) in [7, 11) is 0. The molecule has 1 unspecified atom stereocenters. The molecule has 0 bridgehead atoms. The summed E-state index contributed by atoms with van der Waals surface area (Å²) in [5, 5.41) is 8.97. The van der Waals surface area contributed by atoms with Crippen LogP contribution in [0.25, 0.3) is 0 Å². The Kier molecular flexibility index (Phi) is 7.91. The Morgan fingerprint density at radius 3 is 2.53 bits per heavy atom. The van der Waals surface area contributed by atoms with E-state index in [1.165, 1.54) is 12.8 Å². The number of ether oxygens (including phenoxy) is 2. The molecule has 0 fully saturated rings. The van der Waals surface area contributed by atoms with E-state index < -0.39 is 12.2 Å². The van der Waals surface area contributed by atoms with E-state index in [2.05, 4.69) is 11.7 Å². The maximum atomic E-state index is 10.5. The third kappa shape index (κ3) is 8.94. The van der Waals surface area contributed by atoms with Gasteiger partial charge in [0.2, 0.25) is 0 Å². The standard InChI is InChI=1S/C12H25NO4/c1-4-5-6-7-12(2,3)16-9-10(8-14)17-11(13)15/h10,14H,4-9H2,1-3H3,(H2,13,15). The SMILES string of the molecule is CCCCCC(C)(C)OCC(CO)OC(N)=O. The molecule has 5 nitrogen and oxygen atoms in total. The Balaban J connectivity index is 3.91. The number of carbonyl (C=O) groups excluding carboxylic acids is 1. The molecule has 0 aliphatic rings. The van der Waals surface area contributed by atoms with Crippen LogP contribution in [0, 0.1) is 0 Å². The molecule has 17 heavy (non-hydrogen) atoms. The Morgan fingerprint density at radius 2 is 2.06 bits per heavy atom. The molecule has 0 heterocycles. The summed E-state index contributed by atoms with van der Waals surface area (Å²) >= 11 is 0. The molecule has 0 saturated carbocycles. The number of amides is 1. The Bertz CT molecular complexity index is 219. The van der Waals surface area contributed by atoms with Gasteiger partial charge in [0.25, 0.3) is 0 Å². The fourth-order valence-corrected chi connectivity index (χ4v) is 1.48. The third-order valence-electron chi connectivity index (χ3n) is 2.53. The van der Waals surface area contributed by atoms with E-state index in [-0.39, 0.29) is 18.8 Å². The van der Waals surface area contributed by atoms with Crippen molar-refractivity contribution in [2.24, 2.45) is 5.73 Å². The van der Waals surface area contributed by atoms with E-state index in [4.69, 9.17) is 15.6 Å². The summed E-state index contributed by atoms with van der Waals surface area (Å²) < 4.78 is 10.3. The number of rotatable bonds is 9. The number of carbonyl (C=O) groups is 1. The van der Waals surface area contributed by atoms with Gasteiger partial charge in [-0.15, -0.1) is 0 Å². The maximum absolute atomic E-state index is 10.5. The van der Waals surface area contributed by atoms with Crippen molar-refractivity contribution in [3.8, 4) is 0 Å². The van der Waals surface area contributed by atoms with Gasteiger partial charge in [0.05, 0.1) is 18.8 Å². The highest BCUT2D eigenvalue weighted by Gasteiger charge is 2.21. The molecular formula is C12H25NO4. The highest BCUT2D eigenvalue weighted by Crippen LogP contribution is 2.19. The van der Waals surface area contributed by atoms with Crippen molar-refractivity contribution in [1.29, 1.82) is 0 Å². The zero-order chi connectivity index (χ0) is 13.3. The van der Waals surface area contributed by atoms with E-state index in [0.717, 1.165) is 12.8 Å². The molecule has 0 radical (unpaired) electrons. The quantitative estimate of drug-likeness (QED) is 0.609. The summed E-state index contributed by atoms with van der Waals surface area (Å²) in [5.41, 5.74) is 4.60. The van der Waals surface area contributed by atoms with Gasteiger partial charge < -0.3 is 20.3 Å². The number of aliphatic hydroxyl groups is 1. The fourth-order valence-electron chi connectivity index (χ4n) is 1.48. The van der Waals surface area contributed by atoms with Crippen LogP contribution in [0.2, 0.25) is 0 Å². The summed E-state index contributed by atoms with van der Waals surface area (Å²) in [4.78, 5) is 10.5. The molecular weight excluding hydrogens is 222 g/mol. The smallest absolute Gasteiger partial charge is 0.404 e. The lowest BCUT2D eigenvalue weighted by atomic mass is 10.0.